The fraction of sp³-hybridized carbons (Fsp3) is 0.364. The molecule has 0 saturated carbocycles. The third-order valence-electron chi connectivity index (χ3n) is 4.82. The van der Waals surface area contributed by atoms with Gasteiger partial charge in [-0.25, -0.2) is 0 Å². The van der Waals surface area contributed by atoms with Crippen molar-refractivity contribution >= 4 is 5.91 Å². The molecule has 1 aromatic heterocycles. The Labute approximate surface area is 160 Å². The van der Waals surface area contributed by atoms with Gasteiger partial charge in [0, 0.05) is 18.2 Å². The van der Waals surface area contributed by atoms with Gasteiger partial charge in [-0.05, 0) is 50.8 Å². The fourth-order valence-electron chi connectivity index (χ4n) is 3.35. The van der Waals surface area contributed by atoms with Crippen LogP contribution in [0.1, 0.15) is 47.1 Å². The molecule has 0 aliphatic carbocycles. The molecule has 2 atom stereocenters. The number of benzene rings is 1. The Morgan fingerprint density at radius 2 is 2.22 bits per heavy atom. The Kier molecular flexibility index (Phi) is 5.79. The molecule has 0 spiro atoms. The summed E-state index contributed by atoms with van der Waals surface area (Å²) in [6.45, 7) is 10.1. The Bertz CT molecular complexity index is 853. The van der Waals surface area contributed by atoms with E-state index >= 15 is 0 Å². The quantitative estimate of drug-likeness (QED) is 0.701. The molecule has 1 aliphatic rings. The van der Waals surface area contributed by atoms with Gasteiger partial charge in [0.05, 0.1) is 0 Å². The van der Waals surface area contributed by atoms with Crippen molar-refractivity contribution in [3.05, 3.63) is 71.7 Å². The lowest BCUT2D eigenvalue weighted by molar-refractivity contribution is 0.0611. The van der Waals surface area contributed by atoms with Gasteiger partial charge in [0.2, 0.25) is 0 Å². The summed E-state index contributed by atoms with van der Waals surface area (Å²) in [5, 5.41) is 3.98. The maximum Gasteiger partial charge on any atom is 0.276 e. The highest BCUT2D eigenvalue weighted by Crippen LogP contribution is 2.24. The zero-order valence-electron chi connectivity index (χ0n) is 16.1. The smallest absolute Gasteiger partial charge is 0.276 e. The second-order valence-corrected chi connectivity index (χ2v) is 7.03. The molecule has 0 unspecified atom stereocenters. The molecule has 5 heteroatoms. The lowest BCUT2D eigenvalue weighted by Gasteiger charge is -2.36. The van der Waals surface area contributed by atoms with Crippen LogP contribution in [0.2, 0.25) is 0 Å². The minimum Gasteiger partial charge on any atom is -0.485 e. The molecular formula is C22H26N2O3. The van der Waals surface area contributed by atoms with E-state index in [2.05, 4.69) is 17.8 Å². The molecule has 0 radical (unpaired) electrons. The number of carbonyl (C=O) groups excluding carboxylic acids is 1. The molecule has 0 bridgehead atoms. The number of hydrogen-bond donors (Lipinski definition) is 0. The van der Waals surface area contributed by atoms with Gasteiger partial charge in [-0.15, -0.1) is 6.58 Å². The van der Waals surface area contributed by atoms with Crippen LogP contribution in [0.25, 0.3) is 0 Å². The van der Waals surface area contributed by atoms with Gasteiger partial charge < -0.3 is 14.2 Å². The first-order valence-corrected chi connectivity index (χ1v) is 9.25. The van der Waals surface area contributed by atoms with E-state index < -0.39 is 0 Å². The number of rotatable bonds is 6. The van der Waals surface area contributed by atoms with Crippen LogP contribution in [0.4, 0.5) is 0 Å². The molecule has 1 aliphatic heterocycles. The van der Waals surface area contributed by atoms with Crippen LogP contribution in [-0.2, 0) is 6.61 Å². The molecule has 142 valence electrons. The molecule has 0 saturated heterocycles. The summed E-state index contributed by atoms with van der Waals surface area (Å²) in [6, 6.07) is 7.83. The standard InChI is InChI=1S/C22H26N2O3/c1-5-7-18-9-6-8-17(4)24(18)22(25)20-13-19(27-23-20)14-26-21-12-15(2)10-11-16(21)3/h5-6,8,10-13,17-18H,1,7,9,14H2,2-4H3/t17-,18-/m1/s1. The van der Waals surface area contributed by atoms with E-state index in [4.69, 9.17) is 9.26 Å². The average Bonchev–Trinajstić information content (AvgIpc) is 3.11. The summed E-state index contributed by atoms with van der Waals surface area (Å²) in [6.07, 6.45) is 7.59. The Hall–Kier alpha value is -2.82. The van der Waals surface area contributed by atoms with Crippen LogP contribution in [0, 0.1) is 13.8 Å². The first-order chi connectivity index (χ1) is 13.0. The molecule has 0 N–H and O–H groups in total. The van der Waals surface area contributed by atoms with Gasteiger partial charge >= 0.3 is 0 Å². The predicted molar refractivity (Wildman–Crippen MR) is 105 cm³/mol. The molecule has 2 aromatic rings. The minimum atomic E-state index is -0.125. The van der Waals surface area contributed by atoms with Crippen LogP contribution >= 0.6 is 0 Å². The second-order valence-electron chi connectivity index (χ2n) is 7.03. The summed E-state index contributed by atoms with van der Waals surface area (Å²) in [4.78, 5) is 14.8. The van der Waals surface area contributed by atoms with Gasteiger partial charge in [-0.1, -0.05) is 35.5 Å². The Morgan fingerprint density at radius 1 is 1.41 bits per heavy atom. The highest BCUT2D eigenvalue weighted by atomic mass is 16.5. The van der Waals surface area contributed by atoms with Gasteiger partial charge in [0.25, 0.3) is 5.91 Å². The van der Waals surface area contributed by atoms with E-state index in [1.807, 2.05) is 56.0 Å². The van der Waals surface area contributed by atoms with Crippen molar-refractivity contribution in [3.63, 3.8) is 0 Å². The Balaban J connectivity index is 1.70. The fourth-order valence-corrected chi connectivity index (χ4v) is 3.35. The molecular weight excluding hydrogens is 340 g/mol. The number of hydrogen-bond acceptors (Lipinski definition) is 4. The van der Waals surface area contributed by atoms with Gasteiger partial charge in [-0.2, -0.15) is 0 Å². The highest BCUT2D eigenvalue weighted by molar-refractivity contribution is 5.93. The topological polar surface area (TPSA) is 55.6 Å². The number of carbonyl (C=O) groups is 1. The van der Waals surface area contributed by atoms with Gasteiger partial charge in [0.15, 0.2) is 11.5 Å². The van der Waals surface area contributed by atoms with Crippen LogP contribution in [0.5, 0.6) is 5.75 Å². The van der Waals surface area contributed by atoms with Crippen LogP contribution in [0.15, 0.2) is 53.6 Å². The summed E-state index contributed by atoms with van der Waals surface area (Å²) in [5.41, 5.74) is 2.49. The molecule has 27 heavy (non-hydrogen) atoms. The van der Waals surface area contributed by atoms with Crippen LogP contribution in [-0.4, -0.2) is 28.0 Å². The summed E-state index contributed by atoms with van der Waals surface area (Å²) in [7, 11) is 0. The molecule has 0 fully saturated rings. The molecule has 1 amide bonds. The Morgan fingerprint density at radius 3 is 3.00 bits per heavy atom. The van der Waals surface area contributed by atoms with E-state index in [1.54, 1.807) is 6.07 Å². The van der Waals surface area contributed by atoms with Gasteiger partial charge in [0.1, 0.15) is 12.4 Å². The minimum absolute atomic E-state index is 0.0162. The first kappa shape index (κ1) is 19.0. The predicted octanol–water partition coefficient (Wildman–Crippen LogP) is 4.61. The van der Waals surface area contributed by atoms with E-state index in [-0.39, 0.29) is 24.6 Å². The van der Waals surface area contributed by atoms with Crippen molar-refractivity contribution in [1.82, 2.24) is 10.1 Å². The van der Waals surface area contributed by atoms with Crippen LogP contribution < -0.4 is 4.74 Å². The molecule has 5 nitrogen and oxygen atoms in total. The SMILES string of the molecule is C=CC[C@@H]1CC=C[C@@H](C)N1C(=O)c1cc(COc2cc(C)ccc2C)on1. The number of nitrogens with zero attached hydrogens (tertiary/aromatic N) is 2. The summed E-state index contributed by atoms with van der Waals surface area (Å²) in [5.74, 6) is 1.21. The largest absolute Gasteiger partial charge is 0.485 e. The average molecular weight is 366 g/mol. The maximum atomic E-state index is 13.0. The van der Waals surface area contributed by atoms with E-state index in [9.17, 15) is 4.79 Å². The van der Waals surface area contributed by atoms with Crippen molar-refractivity contribution in [3.8, 4) is 5.75 Å². The lowest BCUT2D eigenvalue weighted by atomic mass is 10.00. The highest BCUT2D eigenvalue weighted by Gasteiger charge is 2.31. The van der Waals surface area contributed by atoms with Crippen molar-refractivity contribution in [2.45, 2.75) is 52.3 Å². The zero-order valence-corrected chi connectivity index (χ0v) is 16.1. The maximum absolute atomic E-state index is 13.0. The molecule has 1 aromatic carbocycles. The van der Waals surface area contributed by atoms with E-state index in [0.717, 1.165) is 29.7 Å². The van der Waals surface area contributed by atoms with E-state index in [0.29, 0.717) is 11.5 Å². The summed E-state index contributed by atoms with van der Waals surface area (Å²) < 4.78 is 11.2. The molecule has 3 rings (SSSR count). The third-order valence-corrected chi connectivity index (χ3v) is 4.82. The number of aromatic nitrogens is 1. The lowest BCUT2D eigenvalue weighted by Crippen LogP contribution is -2.47. The van der Waals surface area contributed by atoms with Crippen molar-refractivity contribution < 1.29 is 14.1 Å². The zero-order chi connectivity index (χ0) is 19.4. The van der Waals surface area contributed by atoms with Crippen LogP contribution in [0.3, 0.4) is 0 Å². The third kappa shape index (κ3) is 4.30. The monoisotopic (exact) mass is 366 g/mol. The van der Waals surface area contributed by atoms with E-state index in [1.165, 1.54) is 0 Å². The number of aryl methyl sites for hydroxylation is 2. The van der Waals surface area contributed by atoms with Crippen molar-refractivity contribution in [1.29, 1.82) is 0 Å². The number of amides is 1. The van der Waals surface area contributed by atoms with Crippen molar-refractivity contribution in [2.24, 2.45) is 0 Å². The molecule has 2 heterocycles. The van der Waals surface area contributed by atoms with Gasteiger partial charge in [-0.3, -0.25) is 4.79 Å². The summed E-state index contributed by atoms with van der Waals surface area (Å²) >= 11 is 0. The number of ether oxygens (including phenoxy) is 1. The normalized spacial score (nSPS) is 19.1. The van der Waals surface area contributed by atoms with Crippen molar-refractivity contribution in [2.75, 3.05) is 0 Å². The second kappa shape index (κ2) is 8.25. The first-order valence-electron chi connectivity index (χ1n) is 9.25.